The first kappa shape index (κ1) is 24.0. The van der Waals surface area contributed by atoms with E-state index in [1.165, 1.54) is 12.1 Å². The molecule has 0 atom stereocenters. The fourth-order valence-corrected chi connectivity index (χ4v) is 2.91. The van der Waals surface area contributed by atoms with Crippen LogP contribution in [0.2, 0.25) is 0 Å². The highest BCUT2D eigenvalue weighted by atomic mass is 32.2. The number of amides is 2. The Balaban J connectivity index is 2.20. The third-order valence-corrected chi connectivity index (χ3v) is 4.90. The minimum Gasteiger partial charge on any atom is -0.385 e. The van der Waals surface area contributed by atoms with Gasteiger partial charge in [-0.15, -0.1) is 0 Å². The summed E-state index contributed by atoms with van der Waals surface area (Å²) < 4.78 is 27.3. The number of nitrogens with two attached hydrogens (primary N) is 1. The molecule has 0 fully saturated rings. The Labute approximate surface area is 166 Å². The molecule has 2 amide bonds. The highest BCUT2D eigenvalue weighted by molar-refractivity contribution is 7.89. The Morgan fingerprint density at radius 1 is 1.11 bits per heavy atom. The largest absolute Gasteiger partial charge is 0.385 e. The van der Waals surface area contributed by atoms with Gasteiger partial charge in [-0.05, 0) is 37.6 Å². The van der Waals surface area contributed by atoms with Crippen LogP contribution >= 0.6 is 0 Å². The Morgan fingerprint density at radius 2 is 1.75 bits per heavy atom. The maximum absolute atomic E-state index is 11.9. The zero-order chi connectivity index (χ0) is 21.0. The van der Waals surface area contributed by atoms with Gasteiger partial charge in [-0.25, -0.2) is 13.6 Å². The Bertz CT molecular complexity index is 722. The van der Waals surface area contributed by atoms with E-state index >= 15 is 0 Å². The van der Waals surface area contributed by atoms with Crippen LogP contribution in [0.1, 0.15) is 18.4 Å². The minimum atomic E-state index is -3.69. The van der Waals surface area contributed by atoms with Gasteiger partial charge in [0.2, 0.25) is 21.8 Å². The topological polar surface area (TPSA) is 131 Å². The smallest absolute Gasteiger partial charge is 0.238 e. The van der Waals surface area contributed by atoms with Crippen LogP contribution in [0, 0.1) is 0 Å². The van der Waals surface area contributed by atoms with Gasteiger partial charge < -0.3 is 15.4 Å². The summed E-state index contributed by atoms with van der Waals surface area (Å²) >= 11 is 0. The zero-order valence-electron chi connectivity index (χ0n) is 16.4. The summed E-state index contributed by atoms with van der Waals surface area (Å²) in [4.78, 5) is 25.5. The number of nitrogens with one attached hydrogen (secondary N) is 2. The van der Waals surface area contributed by atoms with Gasteiger partial charge in [0.15, 0.2) is 0 Å². The van der Waals surface area contributed by atoms with Crippen molar-refractivity contribution in [3.8, 4) is 0 Å². The number of primary sulfonamides is 1. The molecule has 158 valence electrons. The quantitative estimate of drug-likeness (QED) is 0.372. The highest BCUT2D eigenvalue weighted by Gasteiger charge is 2.09. The molecule has 1 aromatic carbocycles. The first-order chi connectivity index (χ1) is 13.2. The Hall–Kier alpha value is -2.01. The lowest BCUT2D eigenvalue weighted by atomic mass is 10.1. The molecule has 0 heterocycles. The number of ether oxygens (including phenoxy) is 1. The average molecular weight is 415 g/mol. The standard InChI is InChI=1S/C18H30N4O5S/c1-22(14-18(24)20-10-3-13-27-2)12-9-17(23)21-11-8-15-4-6-16(7-5-15)28(19,25)26/h4-7H,3,8-14H2,1-2H3,(H,20,24)(H,21,23)(H2,19,25,26). The lowest BCUT2D eigenvalue weighted by Crippen LogP contribution is -2.37. The van der Waals surface area contributed by atoms with E-state index in [0.717, 1.165) is 12.0 Å². The summed E-state index contributed by atoms with van der Waals surface area (Å²) in [6.45, 7) is 2.32. The van der Waals surface area contributed by atoms with Gasteiger partial charge in [-0.1, -0.05) is 12.1 Å². The van der Waals surface area contributed by atoms with Crippen LogP contribution < -0.4 is 15.8 Å². The van der Waals surface area contributed by atoms with Crippen molar-refractivity contribution in [2.75, 3.05) is 46.9 Å². The Morgan fingerprint density at radius 3 is 2.36 bits per heavy atom. The maximum atomic E-state index is 11.9. The SMILES string of the molecule is COCCCNC(=O)CN(C)CCC(=O)NCCc1ccc(S(N)(=O)=O)cc1. The summed E-state index contributed by atoms with van der Waals surface area (Å²) in [5.74, 6) is -0.185. The molecule has 9 nitrogen and oxygen atoms in total. The zero-order valence-corrected chi connectivity index (χ0v) is 17.3. The molecule has 0 aliphatic heterocycles. The maximum Gasteiger partial charge on any atom is 0.238 e. The number of benzene rings is 1. The number of likely N-dealkylation sites (N-methyl/N-ethyl adjacent to an activating group) is 1. The molecule has 0 bridgehead atoms. The molecule has 0 saturated carbocycles. The molecule has 1 aromatic rings. The van der Waals surface area contributed by atoms with Crippen molar-refractivity contribution in [1.82, 2.24) is 15.5 Å². The van der Waals surface area contributed by atoms with E-state index in [2.05, 4.69) is 10.6 Å². The van der Waals surface area contributed by atoms with E-state index in [-0.39, 0.29) is 29.7 Å². The first-order valence-corrected chi connectivity index (χ1v) is 10.6. The van der Waals surface area contributed by atoms with Gasteiger partial charge in [0.25, 0.3) is 0 Å². The van der Waals surface area contributed by atoms with Crippen LogP contribution in [0.25, 0.3) is 0 Å². The molecule has 10 heteroatoms. The van der Waals surface area contributed by atoms with Gasteiger partial charge in [0, 0.05) is 39.8 Å². The first-order valence-electron chi connectivity index (χ1n) is 9.05. The number of rotatable bonds is 13. The van der Waals surface area contributed by atoms with Crippen LogP contribution in [-0.4, -0.2) is 72.1 Å². The third kappa shape index (κ3) is 10.4. The number of methoxy groups -OCH3 is 1. The van der Waals surface area contributed by atoms with Crippen molar-refractivity contribution < 1.29 is 22.7 Å². The van der Waals surface area contributed by atoms with Crippen molar-refractivity contribution in [2.45, 2.75) is 24.2 Å². The molecule has 0 aliphatic carbocycles. The van der Waals surface area contributed by atoms with E-state index in [0.29, 0.717) is 32.7 Å². The van der Waals surface area contributed by atoms with Crippen LogP contribution in [0.15, 0.2) is 29.2 Å². The van der Waals surface area contributed by atoms with E-state index < -0.39 is 10.0 Å². The van der Waals surface area contributed by atoms with Crippen LogP contribution in [-0.2, 0) is 30.8 Å². The summed E-state index contributed by atoms with van der Waals surface area (Å²) in [6, 6.07) is 6.24. The van der Waals surface area contributed by atoms with Crippen molar-refractivity contribution in [3.63, 3.8) is 0 Å². The van der Waals surface area contributed by atoms with Gasteiger partial charge in [-0.3, -0.25) is 14.5 Å². The van der Waals surface area contributed by atoms with E-state index in [1.54, 1.807) is 31.2 Å². The second-order valence-electron chi connectivity index (χ2n) is 6.47. The molecule has 0 radical (unpaired) electrons. The molecule has 0 aromatic heterocycles. The second kappa shape index (κ2) is 12.4. The van der Waals surface area contributed by atoms with Crippen LogP contribution in [0.4, 0.5) is 0 Å². The number of hydrogen-bond donors (Lipinski definition) is 3. The van der Waals surface area contributed by atoms with Crippen molar-refractivity contribution in [1.29, 1.82) is 0 Å². The van der Waals surface area contributed by atoms with Gasteiger partial charge in [-0.2, -0.15) is 0 Å². The lowest BCUT2D eigenvalue weighted by Gasteiger charge is -2.16. The molecule has 0 spiro atoms. The summed E-state index contributed by atoms with van der Waals surface area (Å²) in [5, 5.41) is 10.7. The summed E-state index contributed by atoms with van der Waals surface area (Å²) in [7, 11) is -0.292. The van der Waals surface area contributed by atoms with E-state index in [9.17, 15) is 18.0 Å². The third-order valence-electron chi connectivity index (χ3n) is 3.97. The monoisotopic (exact) mass is 414 g/mol. The summed E-state index contributed by atoms with van der Waals surface area (Å²) in [5.41, 5.74) is 0.898. The molecule has 0 saturated heterocycles. The molecule has 4 N–H and O–H groups in total. The van der Waals surface area contributed by atoms with E-state index in [1.807, 2.05) is 0 Å². The molecular formula is C18H30N4O5S. The van der Waals surface area contributed by atoms with Gasteiger partial charge in [0.05, 0.1) is 11.4 Å². The minimum absolute atomic E-state index is 0.0612. The fraction of sp³-hybridized carbons (Fsp3) is 0.556. The van der Waals surface area contributed by atoms with Crippen LogP contribution in [0.5, 0.6) is 0 Å². The number of hydrogen-bond acceptors (Lipinski definition) is 6. The fourth-order valence-electron chi connectivity index (χ4n) is 2.40. The van der Waals surface area contributed by atoms with E-state index in [4.69, 9.17) is 9.88 Å². The number of nitrogens with zero attached hydrogens (tertiary/aromatic N) is 1. The lowest BCUT2D eigenvalue weighted by molar-refractivity contribution is -0.124. The average Bonchev–Trinajstić information content (AvgIpc) is 2.63. The molecule has 1 rings (SSSR count). The molecule has 0 aliphatic rings. The number of carbonyl (C=O) groups is 2. The predicted molar refractivity (Wildman–Crippen MR) is 106 cm³/mol. The van der Waals surface area contributed by atoms with Crippen LogP contribution in [0.3, 0.4) is 0 Å². The normalized spacial score (nSPS) is 11.4. The molecule has 0 unspecified atom stereocenters. The van der Waals surface area contributed by atoms with Crippen molar-refractivity contribution >= 4 is 21.8 Å². The highest BCUT2D eigenvalue weighted by Crippen LogP contribution is 2.08. The van der Waals surface area contributed by atoms with Crippen molar-refractivity contribution in [2.24, 2.45) is 5.14 Å². The molecular weight excluding hydrogens is 384 g/mol. The Kier molecular flexibility index (Phi) is 10.7. The second-order valence-corrected chi connectivity index (χ2v) is 8.03. The summed E-state index contributed by atoms with van der Waals surface area (Å²) in [6.07, 6.45) is 1.63. The number of carbonyl (C=O) groups excluding carboxylic acids is 2. The number of sulfonamides is 1. The van der Waals surface area contributed by atoms with Crippen molar-refractivity contribution in [3.05, 3.63) is 29.8 Å². The van der Waals surface area contributed by atoms with Gasteiger partial charge in [0.1, 0.15) is 0 Å². The predicted octanol–water partition coefficient (Wildman–Crippen LogP) is -0.533. The van der Waals surface area contributed by atoms with Gasteiger partial charge >= 0.3 is 0 Å². The molecule has 28 heavy (non-hydrogen) atoms.